The molecule has 0 saturated carbocycles. The van der Waals surface area contributed by atoms with E-state index in [0.717, 1.165) is 5.56 Å². The van der Waals surface area contributed by atoms with Gasteiger partial charge in [-0.05, 0) is 44.0 Å². The molecular formula is C21H26N2O3S. The maximum absolute atomic E-state index is 13.3. The lowest BCUT2D eigenvalue weighted by Crippen LogP contribution is -2.48. The van der Waals surface area contributed by atoms with Crippen LogP contribution >= 0.6 is 0 Å². The molecule has 0 unspecified atom stereocenters. The molecule has 0 bridgehead atoms. The molecule has 0 N–H and O–H groups in total. The Morgan fingerprint density at radius 1 is 1.04 bits per heavy atom. The van der Waals surface area contributed by atoms with E-state index < -0.39 is 16.2 Å². The Hall–Kier alpha value is -2.18. The lowest BCUT2D eigenvalue weighted by Gasteiger charge is -2.34. The van der Waals surface area contributed by atoms with Crippen molar-refractivity contribution in [3.05, 3.63) is 65.7 Å². The summed E-state index contributed by atoms with van der Waals surface area (Å²) >= 11 is 0. The van der Waals surface area contributed by atoms with E-state index in [1.54, 1.807) is 41.3 Å². The summed E-state index contributed by atoms with van der Waals surface area (Å²) < 4.78 is 28.1. The van der Waals surface area contributed by atoms with Gasteiger partial charge in [-0.25, -0.2) is 8.42 Å². The summed E-state index contributed by atoms with van der Waals surface area (Å²) in [5.74, 6) is -0.175. The van der Waals surface area contributed by atoms with E-state index in [1.807, 2.05) is 45.9 Å². The van der Waals surface area contributed by atoms with Crippen LogP contribution in [0.3, 0.4) is 0 Å². The van der Waals surface area contributed by atoms with Gasteiger partial charge in [0.2, 0.25) is 10.0 Å². The zero-order valence-electron chi connectivity index (χ0n) is 16.2. The van der Waals surface area contributed by atoms with E-state index in [1.165, 1.54) is 4.31 Å². The second-order valence-electron chi connectivity index (χ2n) is 7.47. The number of benzene rings is 2. The maximum atomic E-state index is 13.3. The Morgan fingerprint density at radius 2 is 1.63 bits per heavy atom. The van der Waals surface area contributed by atoms with Gasteiger partial charge >= 0.3 is 0 Å². The molecule has 0 aromatic heterocycles. The van der Waals surface area contributed by atoms with Gasteiger partial charge in [-0.2, -0.15) is 4.31 Å². The lowest BCUT2D eigenvalue weighted by atomic mass is 10.1. The first-order valence-electron chi connectivity index (χ1n) is 9.19. The molecule has 6 heteroatoms. The number of hydrogen-bond acceptors (Lipinski definition) is 3. The number of sulfonamides is 1. The summed E-state index contributed by atoms with van der Waals surface area (Å²) in [7, 11) is -3.69. The quantitative estimate of drug-likeness (QED) is 0.808. The molecule has 0 radical (unpaired) electrons. The van der Waals surface area contributed by atoms with Crippen LogP contribution in [-0.2, 0) is 10.0 Å². The largest absolute Gasteiger partial charge is 0.318 e. The average molecular weight is 387 g/mol. The van der Waals surface area contributed by atoms with E-state index in [4.69, 9.17) is 0 Å². The average Bonchev–Trinajstić information content (AvgIpc) is 3.00. The molecule has 0 spiro atoms. The molecule has 1 heterocycles. The normalized spacial score (nSPS) is 21.0. The van der Waals surface area contributed by atoms with Gasteiger partial charge in [0.05, 0.1) is 4.90 Å². The highest BCUT2D eigenvalue weighted by Gasteiger charge is 2.47. The van der Waals surface area contributed by atoms with Crippen LogP contribution in [0.2, 0.25) is 0 Å². The Labute approximate surface area is 161 Å². The van der Waals surface area contributed by atoms with Gasteiger partial charge in [-0.3, -0.25) is 4.79 Å². The molecule has 1 aliphatic rings. The van der Waals surface area contributed by atoms with E-state index in [0.29, 0.717) is 5.56 Å². The third-order valence-corrected chi connectivity index (χ3v) is 6.83. The summed E-state index contributed by atoms with van der Waals surface area (Å²) in [5, 5.41) is 0. The number of rotatable bonds is 4. The highest BCUT2D eigenvalue weighted by atomic mass is 32.2. The fourth-order valence-electron chi connectivity index (χ4n) is 3.65. The molecule has 1 aliphatic heterocycles. The predicted octanol–water partition coefficient (Wildman–Crippen LogP) is 3.51. The number of carbonyl (C=O) groups is 1. The minimum atomic E-state index is -3.69. The molecule has 2 aromatic carbocycles. The zero-order chi connectivity index (χ0) is 19.8. The second-order valence-corrected chi connectivity index (χ2v) is 9.36. The van der Waals surface area contributed by atoms with E-state index in [9.17, 15) is 13.2 Å². The van der Waals surface area contributed by atoms with Gasteiger partial charge in [-0.1, -0.05) is 49.7 Å². The van der Waals surface area contributed by atoms with Crippen LogP contribution in [-0.4, -0.2) is 42.3 Å². The maximum Gasteiger partial charge on any atom is 0.255 e. The van der Waals surface area contributed by atoms with Crippen LogP contribution in [0.1, 0.15) is 36.7 Å². The highest BCUT2D eigenvalue weighted by molar-refractivity contribution is 7.89. The molecule has 2 aromatic rings. The summed E-state index contributed by atoms with van der Waals surface area (Å²) in [6.07, 6.45) is -0.515. The monoisotopic (exact) mass is 386 g/mol. The van der Waals surface area contributed by atoms with Crippen molar-refractivity contribution < 1.29 is 13.2 Å². The molecule has 1 fully saturated rings. The predicted molar refractivity (Wildman–Crippen MR) is 106 cm³/mol. The fourth-order valence-corrected chi connectivity index (χ4v) is 5.44. The first-order chi connectivity index (χ1) is 12.7. The van der Waals surface area contributed by atoms with Crippen molar-refractivity contribution in [1.82, 2.24) is 9.21 Å². The first kappa shape index (κ1) is 19.6. The minimum absolute atomic E-state index is 0.0390. The van der Waals surface area contributed by atoms with Crippen molar-refractivity contribution in [3.63, 3.8) is 0 Å². The van der Waals surface area contributed by atoms with Crippen molar-refractivity contribution in [2.45, 2.75) is 44.8 Å². The smallest absolute Gasteiger partial charge is 0.255 e. The van der Waals surface area contributed by atoms with Crippen LogP contribution < -0.4 is 0 Å². The van der Waals surface area contributed by atoms with Gasteiger partial charge < -0.3 is 4.90 Å². The molecule has 5 nitrogen and oxygen atoms in total. The summed E-state index contributed by atoms with van der Waals surface area (Å²) in [6, 6.07) is 15.7. The van der Waals surface area contributed by atoms with E-state index in [2.05, 4.69) is 0 Å². The molecule has 144 valence electrons. The highest BCUT2D eigenvalue weighted by Crippen LogP contribution is 2.33. The molecule has 1 saturated heterocycles. The molecule has 3 rings (SSSR count). The SMILES string of the molecule is Cc1ccc(S(=O)(=O)N2C[C@H](C)N(C(=O)c3ccccc3)[C@H]2C(C)C)cc1. The Kier molecular flexibility index (Phi) is 5.40. The van der Waals surface area contributed by atoms with Crippen LogP contribution in [0.4, 0.5) is 0 Å². The van der Waals surface area contributed by atoms with Crippen molar-refractivity contribution >= 4 is 15.9 Å². The third kappa shape index (κ3) is 3.64. The van der Waals surface area contributed by atoms with Crippen LogP contribution in [0.15, 0.2) is 59.5 Å². The summed E-state index contributed by atoms with van der Waals surface area (Å²) in [4.78, 5) is 15.1. The number of aryl methyl sites for hydroxylation is 1. The Morgan fingerprint density at radius 3 is 2.19 bits per heavy atom. The van der Waals surface area contributed by atoms with Crippen molar-refractivity contribution in [2.75, 3.05) is 6.54 Å². The topological polar surface area (TPSA) is 57.7 Å². The molecule has 0 aliphatic carbocycles. The van der Waals surface area contributed by atoms with E-state index >= 15 is 0 Å². The molecule has 1 amide bonds. The number of nitrogens with zero attached hydrogens (tertiary/aromatic N) is 2. The number of amides is 1. The third-order valence-electron chi connectivity index (χ3n) is 4.98. The van der Waals surface area contributed by atoms with Gasteiger partial charge in [0.25, 0.3) is 5.91 Å². The second kappa shape index (κ2) is 7.44. The Bertz CT molecular complexity index is 908. The standard InChI is InChI=1S/C21H26N2O3S/c1-15(2)20-22(27(25,26)19-12-10-16(3)11-13-19)14-17(4)23(20)21(24)18-8-6-5-7-9-18/h5-13,15,17,20H,14H2,1-4H3/t17-,20-/m0/s1. The van der Waals surface area contributed by atoms with Crippen LogP contribution in [0, 0.1) is 12.8 Å². The van der Waals surface area contributed by atoms with Crippen molar-refractivity contribution in [3.8, 4) is 0 Å². The summed E-state index contributed by atoms with van der Waals surface area (Å²) in [6.45, 7) is 8.02. The lowest BCUT2D eigenvalue weighted by molar-refractivity contribution is 0.0574. The minimum Gasteiger partial charge on any atom is -0.318 e. The van der Waals surface area contributed by atoms with Gasteiger partial charge in [0.1, 0.15) is 6.17 Å². The van der Waals surface area contributed by atoms with Crippen molar-refractivity contribution in [2.24, 2.45) is 5.92 Å². The van der Waals surface area contributed by atoms with Crippen molar-refractivity contribution in [1.29, 1.82) is 0 Å². The molecular weight excluding hydrogens is 360 g/mol. The number of carbonyl (C=O) groups excluding carboxylic acids is 1. The number of hydrogen-bond donors (Lipinski definition) is 0. The fraction of sp³-hybridized carbons (Fsp3) is 0.381. The van der Waals surface area contributed by atoms with Crippen LogP contribution in [0.5, 0.6) is 0 Å². The van der Waals surface area contributed by atoms with E-state index in [-0.39, 0.29) is 29.3 Å². The van der Waals surface area contributed by atoms with Gasteiger partial charge in [-0.15, -0.1) is 0 Å². The van der Waals surface area contributed by atoms with Crippen LogP contribution in [0.25, 0.3) is 0 Å². The molecule has 27 heavy (non-hydrogen) atoms. The first-order valence-corrected chi connectivity index (χ1v) is 10.6. The van der Waals surface area contributed by atoms with Gasteiger partial charge in [0, 0.05) is 18.2 Å². The zero-order valence-corrected chi connectivity index (χ0v) is 17.0. The summed E-state index contributed by atoms with van der Waals surface area (Å²) in [5.41, 5.74) is 1.58. The molecule has 2 atom stereocenters. The van der Waals surface area contributed by atoms with Gasteiger partial charge in [0.15, 0.2) is 0 Å². The Balaban J connectivity index is 2.00.